The fourth-order valence-electron chi connectivity index (χ4n) is 7.87. The van der Waals surface area contributed by atoms with Crippen LogP contribution < -0.4 is 14.8 Å². The fourth-order valence-corrected chi connectivity index (χ4v) is 8.60. The minimum absolute atomic E-state index is 0.0731. The monoisotopic (exact) mass is 603 g/mol. The lowest BCUT2D eigenvalue weighted by Gasteiger charge is -2.64. The summed E-state index contributed by atoms with van der Waals surface area (Å²) in [5, 5.41) is 25.7. The van der Waals surface area contributed by atoms with Gasteiger partial charge in [0, 0.05) is 15.7 Å². The summed E-state index contributed by atoms with van der Waals surface area (Å²) in [6, 6.07) is 14.4. The van der Waals surface area contributed by atoms with Crippen LogP contribution in [0.2, 0.25) is 0 Å². The number of fused-ring (bicyclic) bond motifs is 1. The van der Waals surface area contributed by atoms with Gasteiger partial charge in [0.05, 0.1) is 11.2 Å². The van der Waals surface area contributed by atoms with Crippen LogP contribution in [0.15, 0.2) is 60.7 Å². The fraction of sp³-hybridized carbons (Fsp3) is 0.419. The first-order valence-corrected chi connectivity index (χ1v) is 14.1. The Morgan fingerprint density at radius 2 is 1.74 bits per heavy atom. The number of alkyl halides is 4. The molecule has 0 saturated heterocycles. The van der Waals surface area contributed by atoms with E-state index in [4.69, 9.17) is 16.3 Å². The first-order chi connectivity index (χ1) is 19.8. The van der Waals surface area contributed by atoms with Gasteiger partial charge in [0.2, 0.25) is 0 Å². The lowest BCUT2D eigenvalue weighted by Crippen LogP contribution is -2.67. The topological polar surface area (TPSA) is 105 Å². The number of nitrogens with one attached hydrogen (secondary N) is 1. The van der Waals surface area contributed by atoms with Gasteiger partial charge in [-0.25, -0.2) is 4.79 Å². The molecule has 11 heteroatoms. The molecule has 0 aromatic heterocycles. The number of hydrogen-bond donors (Lipinski definition) is 3. The Bertz CT molecular complexity index is 1530. The number of aliphatic carboxylic acids is 1. The molecule has 42 heavy (non-hydrogen) atoms. The highest BCUT2D eigenvalue weighted by Crippen LogP contribution is 2.66. The second kappa shape index (κ2) is 10.1. The molecule has 7 rings (SSSR count). The van der Waals surface area contributed by atoms with E-state index in [1.54, 1.807) is 24.3 Å². The zero-order valence-electron chi connectivity index (χ0n) is 22.4. The van der Waals surface area contributed by atoms with Gasteiger partial charge >= 0.3 is 12.3 Å². The molecule has 0 radical (unpaired) electrons. The van der Waals surface area contributed by atoms with Crippen molar-refractivity contribution in [3.63, 3.8) is 0 Å². The number of benzene rings is 3. The van der Waals surface area contributed by atoms with Crippen LogP contribution >= 0.6 is 11.6 Å². The normalized spacial score (nSPS) is 28.8. The van der Waals surface area contributed by atoms with E-state index < -0.39 is 40.2 Å². The highest BCUT2D eigenvalue weighted by Gasteiger charge is 2.66. The third kappa shape index (κ3) is 5.49. The largest absolute Gasteiger partial charge is 0.573 e. The smallest absolute Gasteiger partial charge is 0.487 e. The Kier molecular flexibility index (Phi) is 6.85. The average Bonchev–Trinajstić information content (AvgIpc) is 2.87. The first kappa shape index (κ1) is 28.6. The van der Waals surface area contributed by atoms with Gasteiger partial charge in [-0.3, -0.25) is 4.79 Å². The summed E-state index contributed by atoms with van der Waals surface area (Å²) in [5.74, 6) is -1.93. The molecule has 4 aliphatic rings. The number of carbonyl (C=O) groups excluding carboxylic acids is 1. The van der Waals surface area contributed by atoms with Gasteiger partial charge in [-0.05, 0) is 73.6 Å². The van der Waals surface area contributed by atoms with Crippen LogP contribution in [0.25, 0.3) is 10.8 Å². The second-order valence-corrected chi connectivity index (χ2v) is 12.9. The molecular formula is C31H29ClF3NO6. The summed E-state index contributed by atoms with van der Waals surface area (Å²) in [7, 11) is 0. The van der Waals surface area contributed by atoms with Crippen molar-refractivity contribution in [2.75, 3.05) is 0 Å². The summed E-state index contributed by atoms with van der Waals surface area (Å²) in [6.45, 7) is -0.0731. The summed E-state index contributed by atoms with van der Waals surface area (Å²) < 4.78 is 47.6. The maximum atomic E-state index is 13.8. The van der Waals surface area contributed by atoms with E-state index in [2.05, 4.69) is 10.1 Å². The third-order valence-corrected chi connectivity index (χ3v) is 9.23. The van der Waals surface area contributed by atoms with E-state index in [0.29, 0.717) is 43.1 Å². The van der Waals surface area contributed by atoms with Crippen LogP contribution in [-0.4, -0.2) is 45.0 Å². The number of rotatable bonds is 8. The molecule has 3 aromatic rings. The minimum atomic E-state index is -4.81. The van der Waals surface area contributed by atoms with Crippen LogP contribution in [0.5, 0.6) is 11.5 Å². The Morgan fingerprint density at radius 1 is 1.00 bits per heavy atom. The number of aliphatic hydroxyl groups is 1. The highest BCUT2D eigenvalue weighted by molar-refractivity contribution is 6.24. The minimum Gasteiger partial charge on any atom is -0.487 e. The van der Waals surface area contributed by atoms with Crippen LogP contribution in [0.4, 0.5) is 13.2 Å². The Morgan fingerprint density at radius 3 is 2.40 bits per heavy atom. The lowest BCUT2D eigenvalue weighted by molar-refractivity contribution is -0.274. The Hall–Kier alpha value is -3.50. The van der Waals surface area contributed by atoms with Crippen molar-refractivity contribution >= 4 is 34.2 Å². The van der Waals surface area contributed by atoms with Crippen molar-refractivity contribution in [3.05, 3.63) is 71.8 Å². The summed E-state index contributed by atoms with van der Waals surface area (Å²) >= 11 is 6.89. The number of carboxylic acids is 1. The quantitative estimate of drug-likeness (QED) is 0.265. The predicted octanol–water partition coefficient (Wildman–Crippen LogP) is 6.19. The zero-order valence-corrected chi connectivity index (χ0v) is 23.2. The highest BCUT2D eigenvalue weighted by atomic mass is 35.5. The number of halogens is 4. The van der Waals surface area contributed by atoms with Crippen molar-refractivity contribution in [2.45, 2.75) is 68.0 Å². The number of ether oxygens (including phenoxy) is 2. The molecule has 0 aliphatic heterocycles. The molecular weight excluding hydrogens is 575 g/mol. The van der Waals surface area contributed by atoms with Gasteiger partial charge in [0.25, 0.3) is 5.91 Å². The van der Waals surface area contributed by atoms with Gasteiger partial charge in [0.1, 0.15) is 24.1 Å². The molecule has 4 fully saturated rings. The average molecular weight is 604 g/mol. The summed E-state index contributed by atoms with van der Waals surface area (Å²) in [4.78, 5) is 25.8. The van der Waals surface area contributed by atoms with Gasteiger partial charge < -0.3 is 25.0 Å². The van der Waals surface area contributed by atoms with E-state index in [1.165, 1.54) is 24.3 Å². The van der Waals surface area contributed by atoms with Crippen molar-refractivity contribution in [2.24, 2.45) is 11.3 Å². The van der Waals surface area contributed by atoms with Crippen LogP contribution in [0, 0.1) is 11.3 Å². The molecule has 222 valence electrons. The SMILES string of the molecule is O=C(NC(C(=O)O)[C@]12C[C@H]3C[C@](O)(C[C@](Cl)(C3)C1)C2)c1ccc2ccccc2c1OCc1ccc(OC(F)(F)F)cc1. The van der Waals surface area contributed by atoms with Crippen molar-refractivity contribution in [3.8, 4) is 11.5 Å². The van der Waals surface area contributed by atoms with Gasteiger partial charge in [-0.1, -0.05) is 42.5 Å². The molecule has 7 nitrogen and oxygen atoms in total. The molecule has 0 spiro atoms. The maximum absolute atomic E-state index is 13.8. The van der Waals surface area contributed by atoms with Crippen molar-refractivity contribution in [1.29, 1.82) is 0 Å². The molecule has 4 saturated carbocycles. The van der Waals surface area contributed by atoms with E-state index in [-0.39, 0.29) is 36.0 Å². The van der Waals surface area contributed by atoms with E-state index in [1.807, 2.05) is 12.1 Å². The van der Waals surface area contributed by atoms with E-state index >= 15 is 0 Å². The van der Waals surface area contributed by atoms with Crippen LogP contribution in [-0.2, 0) is 11.4 Å². The summed E-state index contributed by atoms with van der Waals surface area (Å²) in [6.07, 6.45) is -1.93. The standard InChI is InChI=1S/C31H29ClF3NO6/c32-29-12-19-11-28(15-29,16-30(40,13-19)17-29)25(27(38)39)36-26(37)23-10-7-20-3-1-2-4-22(20)24(23)41-14-18-5-8-21(9-6-18)42-31(33,34)35/h1-10,19,25,40H,11-17H2,(H,36,37)(H,38,39)/t19-,25?,28-,29+,30-/m1/s1. The molecule has 3 N–H and O–H groups in total. The second-order valence-electron chi connectivity index (χ2n) is 12.1. The Balaban J connectivity index is 1.28. The molecule has 4 bridgehead atoms. The van der Waals surface area contributed by atoms with Crippen LogP contribution in [0.3, 0.4) is 0 Å². The molecule has 4 aliphatic carbocycles. The van der Waals surface area contributed by atoms with Gasteiger partial charge in [-0.15, -0.1) is 24.8 Å². The lowest BCUT2D eigenvalue weighted by atomic mass is 9.45. The third-order valence-electron chi connectivity index (χ3n) is 8.81. The maximum Gasteiger partial charge on any atom is 0.573 e. The van der Waals surface area contributed by atoms with Crippen molar-refractivity contribution < 1.29 is 42.4 Å². The van der Waals surface area contributed by atoms with Gasteiger partial charge in [0.15, 0.2) is 0 Å². The number of carboxylic acid groups (broad SMARTS) is 1. The molecule has 3 aromatic carbocycles. The molecule has 1 unspecified atom stereocenters. The molecule has 1 amide bonds. The number of hydrogen-bond acceptors (Lipinski definition) is 5. The van der Waals surface area contributed by atoms with Crippen LogP contribution in [0.1, 0.15) is 54.4 Å². The van der Waals surface area contributed by atoms with Gasteiger partial charge in [-0.2, -0.15) is 0 Å². The number of amides is 1. The molecule has 0 heterocycles. The van der Waals surface area contributed by atoms with Crippen molar-refractivity contribution in [1.82, 2.24) is 5.32 Å². The van der Waals surface area contributed by atoms with E-state index in [0.717, 1.165) is 5.39 Å². The molecule has 5 atom stereocenters. The van der Waals surface area contributed by atoms with E-state index in [9.17, 15) is 33.0 Å². The zero-order chi connectivity index (χ0) is 29.9. The first-order valence-electron chi connectivity index (χ1n) is 13.7. The number of carbonyl (C=O) groups is 2. The predicted molar refractivity (Wildman–Crippen MR) is 147 cm³/mol. The Labute approximate surface area is 244 Å². The summed E-state index contributed by atoms with van der Waals surface area (Å²) in [5.41, 5.74) is -1.31.